The predicted molar refractivity (Wildman–Crippen MR) is 141 cm³/mol. The highest BCUT2D eigenvalue weighted by Gasteiger charge is 2.17. The molecular formula is C25H18Cl2N8O2. The van der Waals surface area contributed by atoms with Crippen molar-refractivity contribution in [1.82, 2.24) is 28.9 Å². The van der Waals surface area contributed by atoms with Gasteiger partial charge in [0.15, 0.2) is 0 Å². The van der Waals surface area contributed by atoms with Crippen molar-refractivity contribution in [2.45, 2.75) is 20.0 Å². The van der Waals surface area contributed by atoms with Crippen LogP contribution in [-0.2, 0) is 13.1 Å². The molecule has 37 heavy (non-hydrogen) atoms. The summed E-state index contributed by atoms with van der Waals surface area (Å²) in [6.07, 6.45) is 4.64. The number of benzene rings is 2. The third-order valence-corrected chi connectivity index (χ3v) is 6.23. The van der Waals surface area contributed by atoms with E-state index in [0.29, 0.717) is 21.8 Å². The summed E-state index contributed by atoms with van der Waals surface area (Å²) in [5.74, 6) is 0.00176. The van der Waals surface area contributed by atoms with Gasteiger partial charge in [-0.15, -0.1) is 0 Å². The van der Waals surface area contributed by atoms with Gasteiger partial charge in [0.25, 0.3) is 0 Å². The van der Waals surface area contributed by atoms with Gasteiger partial charge in [0.1, 0.15) is 0 Å². The van der Waals surface area contributed by atoms with Crippen molar-refractivity contribution in [1.29, 1.82) is 5.26 Å². The van der Waals surface area contributed by atoms with Gasteiger partial charge in [0.05, 0.1) is 40.6 Å². The number of aromatic nitrogens is 6. The summed E-state index contributed by atoms with van der Waals surface area (Å²) in [6, 6.07) is 13.7. The van der Waals surface area contributed by atoms with Gasteiger partial charge in [-0.1, -0.05) is 23.2 Å². The van der Waals surface area contributed by atoms with Gasteiger partial charge in [-0.3, -0.25) is 14.2 Å². The first-order chi connectivity index (χ1) is 17.9. The quantitative estimate of drug-likeness (QED) is 0.348. The molecule has 12 heteroatoms. The lowest BCUT2D eigenvalue weighted by Gasteiger charge is -2.16. The van der Waals surface area contributed by atoms with Crippen LogP contribution in [0.3, 0.4) is 0 Å². The Bertz CT molecular complexity index is 1820. The molecule has 0 fully saturated rings. The largest absolute Gasteiger partial charge is 0.359 e. The fraction of sp³-hybridized carbons (Fsp3) is 0.120. The minimum atomic E-state index is -0.815. The van der Waals surface area contributed by atoms with E-state index in [1.165, 1.54) is 23.0 Å². The molecule has 5 rings (SSSR count). The van der Waals surface area contributed by atoms with Gasteiger partial charge in [-0.05, 0) is 55.0 Å². The number of hydrogen-bond donors (Lipinski definition) is 1. The minimum absolute atomic E-state index is 0.00176. The van der Waals surface area contributed by atoms with Crippen molar-refractivity contribution in [3.8, 4) is 11.8 Å². The van der Waals surface area contributed by atoms with Crippen molar-refractivity contribution in [3.05, 3.63) is 103 Å². The maximum atomic E-state index is 13.7. The lowest BCUT2D eigenvalue weighted by molar-refractivity contribution is 0.657. The van der Waals surface area contributed by atoms with E-state index in [2.05, 4.69) is 26.5 Å². The highest BCUT2D eigenvalue weighted by Crippen LogP contribution is 2.23. The first kappa shape index (κ1) is 24.2. The molecule has 0 aliphatic rings. The van der Waals surface area contributed by atoms with Crippen LogP contribution in [0.5, 0.6) is 0 Å². The Kier molecular flexibility index (Phi) is 6.48. The summed E-state index contributed by atoms with van der Waals surface area (Å²) in [4.78, 5) is 34.9. The molecule has 0 aliphatic heterocycles. The second-order valence-corrected chi connectivity index (χ2v) is 8.93. The molecule has 0 spiro atoms. The normalized spacial score (nSPS) is 11.0. The van der Waals surface area contributed by atoms with Gasteiger partial charge in [0.2, 0.25) is 5.95 Å². The number of nitriles is 1. The van der Waals surface area contributed by atoms with Crippen molar-refractivity contribution in [2.24, 2.45) is 0 Å². The number of pyridine rings is 1. The summed E-state index contributed by atoms with van der Waals surface area (Å²) in [6.45, 7) is 2.65. The molecule has 0 amide bonds. The van der Waals surface area contributed by atoms with Crippen LogP contribution in [0.25, 0.3) is 16.6 Å². The SMILES string of the molecule is CCn1cc2cc(Nc3nc(=O)n(-c4cncc(Cl)c4)c(=O)n3Cc3cc(C#N)ccc3Cl)ccc2n1. The van der Waals surface area contributed by atoms with Gasteiger partial charge >= 0.3 is 11.4 Å². The minimum Gasteiger partial charge on any atom is -0.325 e. The molecule has 1 N–H and O–H groups in total. The van der Waals surface area contributed by atoms with E-state index in [9.17, 15) is 14.9 Å². The number of nitrogens with one attached hydrogen (secondary N) is 1. The molecule has 0 radical (unpaired) electrons. The number of hydrogen-bond acceptors (Lipinski definition) is 7. The number of anilines is 2. The van der Waals surface area contributed by atoms with Crippen LogP contribution in [-0.4, -0.2) is 28.9 Å². The molecule has 0 saturated heterocycles. The van der Waals surface area contributed by atoms with Crippen molar-refractivity contribution < 1.29 is 0 Å². The van der Waals surface area contributed by atoms with Gasteiger partial charge < -0.3 is 5.32 Å². The molecule has 5 aromatic rings. The average Bonchev–Trinajstić information content (AvgIpc) is 3.30. The Morgan fingerprint density at radius 1 is 1.08 bits per heavy atom. The summed E-state index contributed by atoms with van der Waals surface area (Å²) in [5.41, 5.74) is 0.946. The highest BCUT2D eigenvalue weighted by molar-refractivity contribution is 6.31. The number of aryl methyl sites for hydroxylation is 1. The maximum absolute atomic E-state index is 13.7. The van der Waals surface area contributed by atoms with E-state index >= 15 is 0 Å². The monoisotopic (exact) mass is 532 g/mol. The Balaban J connectivity index is 1.67. The highest BCUT2D eigenvalue weighted by atomic mass is 35.5. The van der Waals surface area contributed by atoms with Gasteiger partial charge in [-0.2, -0.15) is 15.3 Å². The number of halogens is 2. The first-order valence-corrected chi connectivity index (χ1v) is 11.9. The topological polar surface area (TPSA) is 123 Å². The average molecular weight is 533 g/mol. The second-order valence-electron chi connectivity index (χ2n) is 8.08. The van der Waals surface area contributed by atoms with Crippen LogP contribution >= 0.6 is 23.2 Å². The van der Waals surface area contributed by atoms with Crippen LogP contribution < -0.4 is 16.7 Å². The third kappa shape index (κ3) is 4.82. The second kappa shape index (κ2) is 9.89. The van der Waals surface area contributed by atoms with Crippen LogP contribution in [0, 0.1) is 11.3 Å². The van der Waals surface area contributed by atoms with E-state index in [-0.39, 0.29) is 23.2 Å². The zero-order chi connectivity index (χ0) is 26.1. The van der Waals surface area contributed by atoms with Crippen LogP contribution in [0.4, 0.5) is 11.6 Å². The summed E-state index contributed by atoms with van der Waals surface area (Å²) >= 11 is 12.4. The molecule has 3 aromatic heterocycles. The summed E-state index contributed by atoms with van der Waals surface area (Å²) in [7, 11) is 0. The Morgan fingerprint density at radius 3 is 2.68 bits per heavy atom. The molecule has 0 unspecified atom stereocenters. The van der Waals surface area contributed by atoms with E-state index in [1.54, 1.807) is 24.3 Å². The summed E-state index contributed by atoms with van der Waals surface area (Å²) < 4.78 is 3.96. The lowest BCUT2D eigenvalue weighted by Crippen LogP contribution is -2.41. The Hall–Kier alpha value is -4.46. The standard InChI is InChI=1S/C25H18Cl2N8O2/c1-2-33-13-17-8-19(4-6-22(17)32-33)30-23-31-24(36)35(20-9-18(26)11-29-12-20)25(37)34(23)14-16-7-15(10-28)3-5-21(16)27/h3-9,11-13H,2,14H2,1H3,(H,30,31,36). The molecular weight excluding hydrogens is 515 g/mol. The number of nitrogens with zero attached hydrogens (tertiary/aromatic N) is 7. The fourth-order valence-corrected chi connectivity index (χ4v) is 4.20. The van der Waals surface area contributed by atoms with Crippen molar-refractivity contribution in [2.75, 3.05) is 5.32 Å². The van der Waals surface area contributed by atoms with Gasteiger partial charge in [0, 0.05) is 35.0 Å². The van der Waals surface area contributed by atoms with Crippen LogP contribution in [0.15, 0.2) is 70.6 Å². The first-order valence-electron chi connectivity index (χ1n) is 11.1. The van der Waals surface area contributed by atoms with Crippen molar-refractivity contribution in [3.63, 3.8) is 0 Å². The van der Waals surface area contributed by atoms with E-state index in [0.717, 1.165) is 22.0 Å². The number of rotatable bonds is 6. The number of fused-ring (bicyclic) bond motifs is 1. The molecule has 3 heterocycles. The fourth-order valence-electron chi connectivity index (χ4n) is 3.86. The predicted octanol–water partition coefficient (Wildman–Crippen LogP) is 4.13. The Labute approximate surface area is 220 Å². The molecule has 0 atom stereocenters. The molecule has 0 aliphatic carbocycles. The van der Waals surface area contributed by atoms with E-state index in [4.69, 9.17) is 23.2 Å². The maximum Gasteiger partial charge on any atom is 0.359 e. The molecule has 184 valence electrons. The zero-order valence-electron chi connectivity index (χ0n) is 19.4. The van der Waals surface area contributed by atoms with E-state index < -0.39 is 11.4 Å². The summed E-state index contributed by atoms with van der Waals surface area (Å²) in [5, 5.41) is 18.4. The molecule has 10 nitrogen and oxygen atoms in total. The van der Waals surface area contributed by atoms with Crippen molar-refractivity contribution >= 4 is 45.7 Å². The van der Waals surface area contributed by atoms with E-state index in [1.807, 2.05) is 29.9 Å². The zero-order valence-corrected chi connectivity index (χ0v) is 20.9. The molecule has 2 aromatic carbocycles. The third-order valence-electron chi connectivity index (χ3n) is 5.65. The van der Waals surface area contributed by atoms with Gasteiger partial charge in [-0.25, -0.2) is 14.2 Å². The van der Waals surface area contributed by atoms with Crippen LogP contribution in [0.1, 0.15) is 18.1 Å². The lowest BCUT2D eigenvalue weighted by atomic mass is 10.1. The Morgan fingerprint density at radius 2 is 1.92 bits per heavy atom. The molecule has 0 saturated carbocycles. The smallest absolute Gasteiger partial charge is 0.325 e. The molecule has 0 bridgehead atoms. The van der Waals surface area contributed by atoms with Crippen LogP contribution in [0.2, 0.25) is 10.0 Å².